The predicted molar refractivity (Wildman–Crippen MR) is 55.5 cm³/mol. The summed E-state index contributed by atoms with van der Waals surface area (Å²) in [6, 6.07) is 5.89. The maximum atomic E-state index is 9.81. The highest BCUT2D eigenvalue weighted by molar-refractivity contribution is 5.42. The quantitative estimate of drug-likeness (QED) is 0.650. The number of benzene rings is 1. The highest BCUT2D eigenvalue weighted by atomic mass is 16.3. The summed E-state index contributed by atoms with van der Waals surface area (Å²) >= 11 is 0. The molecule has 2 nitrogen and oxygen atoms in total. The van der Waals surface area contributed by atoms with Gasteiger partial charge in [-0.15, -0.1) is 0 Å². The van der Waals surface area contributed by atoms with Crippen LogP contribution in [0.15, 0.2) is 18.2 Å². The molecule has 1 aromatic carbocycles. The molecule has 1 aromatic rings. The van der Waals surface area contributed by atoms with E-state index in [1.165, 1.54) is 24.0 Å². The molecule has 1 spiro atoms. The molecule has 2 N–H and O–H groups in total. The molecule has 0 radical (unpaired) electrons. The van der Waals surface area contributed by atoms with Gasteiger partial charge in [-0.05, 0) is 49.4 Å². The van der Waals surface area contributed by atoms with Crippen molar-refractivity contribution in [3.8, 4) is 5.75 Å². The second-order valence-electron chi connectivity index (χ2n) is 4.55. The van der Waals surface area contributed by atoms with Gasteiger partial charge in [0.2, 0.25) is 0 Å². The van der Waals surface area contributed by atoms with Gasteiger partial charge in [0.05, 0.1) is 0 Å². The molecule has 1 heterocycles. The van der Waals surface area contributed by atoms with Gasteiger partial charge in [0.15, 0.2) is 0 Å². The highest BCUT2D eigenvalue weighted by Gasteiger charge is 2.43. The summed E-state index contributed by atoms with van der Waals surface area (Å²) < 4.78 is 0. The monoisotopic (exact) mass is 189 g/mol. The van der Waals surface area contributed by atoms with Gasteiger partial charge in [0, 0.05) is 5.54 Å². The maximum Gasteiger partial charge on any atom is 0.119 e. The van der Waals surface area contributed by atoms with Gasteiger partial charge in [0.25, 0.3) is 0 Å². The number of fused-ring (bicyclic) bond motifs is 1. The molecule has 0 bridgehead atoms. The van der Waals surface area contributed by atoms with Crippen molar-refractivity contribution in [1.29, 1.82) is 0 Å². The minimum atomic E-state index is 0.337. The lowest BCUT2D eigenvalue weighted by molar-refractivity contribution is 0.456. The van der Waals surface area contributed by atoms with Gasteiger partial charge in [-0.2, -0.15) is 0 Å². The Morgan fingerprint density at radius 1 is 1.29 bits per heavy atom. The van der Waals surface area contributed by atoms with E-state index in [0.717, 1.165) is 19.4 Å². The summed E-state index contributed by atoms with van der Waals surface area (Å²) in [6.07, 6.45) is 4.59. The Hall–Kier alpha value is -1.02. The third-order valence-corrected chi connectivity index (χ3v) is 3.51. The zero-order valence-corrected chi connectivity index (χ0v) is 8.21. The van der Waals surface area contributed by atoms with Crippen LogP contribution in [0.4, 0.5) is 0 Å². The molecule has 74 valence electrons. The Balaban J connectivity index is 2.04. The molecule has 14 heavy (non-hydrogen) atoms. The molecule has 0 unspecified atom stereocenters. The molecule has 1 aliphatic heterocycles. The summed E-state index contributed by atoms with van der Waals surface area (Å²) in [5.41, 5.74) is 2.83. The third kappa shape index (κ3) is 1.22. The second kappa shape index (κ2) is 2.74. The fraction of sp³-hybridized carbons (Fsp3) is 0.500. The molecule has 1 aliphatic carbocycles. The van der Waals surface area contributed by atoms with E-state index in [-0.39, 0.29) is 0 Å². The average molecular weight is 189 g/mol. The fourth-order valence-corrected chi connectivity index (χ4v) is 2.43. The number of hydrogen-bond donors (Lipinski definition) is 2. The predicted octanol–water partition coefficient (Wildman–Crippen LogP) is 1.61. The van der Waals surface area contributed by atoms with Crippen LogP contribution in [0.25, 0.3) is 0 Å². The topological polar surface area (TPSA) is 32.3 Å². The lowest BCUT2D eigenvalue weighted by atomic mass is 9.98. The van der Waals surface area contributed by atoms with E-state index in [1.54, 1.807) is 6.07 Å². The summed E-state index contributed by atoms with van der Waals surface area (Å²) in [4.78, 5) is 0. The minimum Gasteiger partial charge on any atom is -0.508 e. The molecule has 3 rings (SSSR count). The summed E-state index contributed by atoms with van der Waals surface area (Å²) in [5.74, 6) is 0.484. The molecule has 1 fully saturated rings. The van der Waals surface area contributed by atoms with Crippen LogP contribution >= 0.6 is 0 Å². The van der Waals surface area contributed by atoms with Crippen molar-refractivity contribution in [3.63, 3.8) is 0 Å². The number of aromatic hydroxyl groups is 1. The van der Waals surface area contributed by atoms with Crippen LogP contribution < -0.4 is 5.32 Å². The number of phenolic OH excluding ortho intramolecular Hbond substituents is 1. The molecule has 2 aliphatic rings. The van der Waals surface area contributed by atoms with Crippen LogP contribution in [0.2, 0.25) is 0 Å². The first-order valence-corrected chi connectivity index (χ1v) is 5.34. The molecule has 0 atom stereocenters. The van der Waals surface area contributed by atoms with Crippen molar-refractivity contribution < 1.29 is 5.11 Å². The van der Waals surface area contributed by atoms with E-state index in [9.17, 15) is 5.11 Å². The Morgan fingerprint density at radius 3 is 2.93 bits per heavy atom. The van der Waals surface area contributed by atoms with Crippen LogP contribution in [0, 0.1) is 0 Å². The Labute approximate surface area is 84.0 Å². The molecular weight excluding hydrogens is 174 g/mol. The third-order valence-electron chi connectivity index (χ3n) is 3.51. The first kappa shape index (κ1) is 8.30. The zero-order chi connectivity index (χ0) is 9.60. The van der Waals surface area contributed by atoms with Crippen molar-refractivity contribution in [2.24, 2.45) is 0 Å². The van der Waals surface area contributed by atoms with E-state index >= 15 is 0 Å². The van der Waals surface area contributed by atoms with Crippen molar-refractivity contribution in [2.75, 3.05) is 6.54 Å². The fourth-order valence-electron chi connectivity index (χ4n) is 2.43. The molecule has 2 heteroatoms. The lowest BCUT2D eigenvalue weighted by Crippen LogP contribution is -2.32. The average Bonchev–Trinajstić information content (AvgIpc) is 2.94. The normalized spacial score (nSPS) is 22.9. The van der Waals surface area contributed by atoms with Crippen molar-refractivity contribution in [3.05, 3.63) is 29.3 Å². The van der Waals surface area contributed by atoms with Crippen molar-refractivity contribution in [1.82, 2.24) is 5.32 Å². The maximum absolute atomic E-state index is 9.81. The van der Waals surface area contributed by atoms with E-state index < -0.39 is 0 Å². The van der Waals surface area contributed by atoms with Crippen LogP contribution in [0.3, 0.4) is 0 Å². The first-order valence-electron chi connectivity index (χ1n) is 5.34. The number of hydrogen-bond acceptors (Lipinski definition) is 2. The minimum absolute atomic E-state index is 0.337. The zero-order valence-electron chi connectivity index (χ0n) is 8.21. The van der Waals surface area contributed by atoms with E-state index in [1.807, 2.05) is 6.07 Å². The molecule has 1 saturated carbocycles. The lowest BCUT2D eigenvalue weighted by Gasteiger charge is -2.14. The van der Waals surface area contributed by atoms with Gasteiger partial charge >= 0.3 is 0 Å². The van der Waals surface area contributed by atoms with Gasteiger partial charge in [0.1, 0.15) is 5.75 Å². The first-order chi connectivity index (χ1) is 6.79. The smallest absolute Gasteiger partial charge is 0.119 e. The Morgan fingerprint density at radius 2 is 2.14 bits per heavy atom. The van der Waals surface area contributed by atoms with Gasteiger partial charge in [-0.3, -0.25) is 0 Å². The standard InChI is InChI=1S/C12H15NO/c14-11-3-1-2-9-4-7-13-12(5-6-12)8-10(9)11/h1-3,13-14H,4-8H2. The van der Waals surface area contributed by atoms with E-state index in [2.05, 4.69) is 11.4 Å². The van der Waals surface area contributed by atoms with Crippen molar-refractivity contribution >= 4 is 0 Å². The number of rotatable bonds is 0. The van der Waals surface area contributed by atoms with E-state index in [0.29, 0.717) is 11.3 Å². The van der Waals surface area contributed by atoms with Crippen LogP contribution in [0.1, 0.15) is 24.0 Å². The number of phenols is 1. The van der Waals surface area contributed by atoms with Crippen LogP contribution in [0.5, 0.6) is 5.75 Å². The van der Waals surface area contributed by atoms with Crippen LogP contribution in [-0.2, 0) is 12.8 Å². The highest BCUT2D eigenvalue weighted by Crippen LogP contribution is 2.42. The Kier molecular flexibility index (Phi) is 1.62. The molecule has 0 saturated heterocycles. The van der Waals surface area contributed by atoms with Gasteiger partial charge < -0.3 is 10.4 Å². The summed E-state index contributed by atoms with van der Waals surface area (Å²) in [6.45, 7) is 1.05. The summed E-state index contributed by atoms with van der Waals surface area (Å²) in [7, 11) is 0. The molecular formula is C12H15NO. The largest absolute Gasteiger partial charge is 0.508 e. The van der Waals surface area contributed by atoms with Gasteiger partial charge in [-0.25, -0.2) is 0 Å². The molecule has 0 amide bonds. The van der Waals surface area contributed by atoms with Crippen molar-refractivity contribution in [2.45, 2.75) is 31.2 Å². The molecule has 0 aromatic heterocycles. The van der Waals surface area contributed by atoms with E-state index in [4.69, 9.17) is 0 Å². The SMILES string of the molecule is Oc1cccc2c1CC1(CC1)NCC2. The van der Waals surface area contributed by atoms with Crippen LogP contribution in [-0.4, -0.2) is 17.2 Å². The second-order valence-corrected chi connectivity index (χ2v) is 4.55. The Bertz CT molecular complexity index is 369. The number of nitrogens with one attached hydrogen (secondary N) is 1. The summed E-state index contributed by atoms with van der Waals surface area (Å²) in [5, 5.41) is 13.4. The van der Waals surface area contributed by atoms with Gasteiger partial charge in [-0.1, -0.05) is 12.1 Å².